The molecule has 0 bridgehead atoms. The van der Waals surface area contributed by atoms with Crippen LogP contribution in [0.5, 0.6) is 0 Å². The lowest BCUT2D eigenvalue weighted by Gasteiger charge is -2.07. The number of furan rings is 1. The lowest BCUT2D eigenvalue weighted by molar-refractivity contribution is 0.0491. The Kier molecular flexibility index (Phi) is 4.92. The van der Waals surface area contributed by atoms with Crippen molar-refractivity contribution in [3.63, 3.8) is 0 Å². The van der Waals surface area contributed by atoms with E-state index >= 15 is 0 Å². The Morgan fingerprint density at radius 3 is 2.92 bits per heavy atom. The zero-order valence-corrected chi connectivity index (χ0v) is 14.3. The maximum atomic E-state index is 12.2. The number of halogens is 1. The van der Waals surface area contributed by atoms with Gasteiger partial charge in [0.2, 0.25) is 5.76 Å². The Hall–Kier alpha value is -2.97. The summed E-state index contributed by atoms with van der Waals surface area (Å²) in [6, 6.07) is 14.4. The van der Waals surface area contributed by atoms with Gasteiger partial charge in [-0.25, -0.2) is 4.79 Å². The summed E-state index contributed by atoms with van der Waals surface area (Å²) in [5.41, 5.74) is 2.55. The molecule has 2 aromatic carbocycles. The number of carbonyl (C=O) groups excluding carboxylic acids is 1. The molecule has 1 aromatic heterocycles. The molecule has 0 saturated carbocycles. The van der Waals surface area contributed by atoms with Gasteiger partial charge < -0.3 is 14.5 Å². The molecule has 0 fully saturated rings. The van der Waals surface area contributed by atoms with Crippen LogP contribution in [-0.2, 0) is 11.3 Å². The summed E-state index contributed by atoms with van der Waals surface area (Å²) in [7, 11) is 0. The van der Waals surface area contributed by atoms with Crippen LogP contribution in [0.3, 0.4) is 0 Å². The number of nitriles is 1. The zero-order valence-electron chi connectivity index (χ0n) is 13.5. The first kappa shape index (κ1) is 16.9. The third-order valence-corrected chi connectivity index (χ3v) is 3.91. The van der Waals surface area contributed by atoms with Gasteiger partial charge in [0.25, 0.3) is 0 Å². The van der Waals surface area contributed by atoms with Gasteiger partial charge in [-0.1, -0.05) is 17.7 Å². The van der Waals surface area contributed by atoms with Crippen LogP contribution in [0.1, 0.15) is 28.6 Å². The second kappa shape index (κ2) is 7.29. The van der Waals surface area contributed by atoms with Gasteiger partial charge in [0.05, 0.1) is 18.2 Å². The van der Waals surface area contributed by atoms with Crippen LogP contribution in [0.25, 0.3) is 11.0 Å². The smallest absolute Gasteiger partial charge is 0.374 e. The summed E-state index contributed by atoms with van der Waals surface area (Å²) in [5, 5.41) is 13.5. The average Bonchev–Trinajstić information content (AvgIpc) is 2.98. The van der Waals surface area contributed by atoms with Crippen LogP contribution >= 0.6 is 11.6 Å². The Morgan fingerprint density at radius 2 is 2.16 bits per heavy atom. The number of rotatable bonds is 5. The van der Waals surface area contributed by atoms with Crippen LogP contribution in [0.4, 0.5) is 5.69 Å². The van der Waals surface area contributed by atoms with Crippen LogP contribution in [-0.4, -0.2) is 12.6 Å². The Balaban J connectivity index is 1.97. The van der Waals surface area contributed by atoms with E-state index in [0.717, 1.165) is 11.1 Å². The van der Waals surface area contributed by atoms with Gasteiger partial charge in [-0.2, -0.15) is 5.26 Å². The highest BCUT2D eigenvalue weighted by Crippen LogP contribution is 2.30. The van der Waals surface area contributed by atoms with Gasteiger partial charge in [0.15, 0.2) is 0 Å². The summed E-state index contributed by atoms with van der Waals surface area (Å²) in [4.78, 5) is 12.2. The number of carbonyl (C=O) groups is 1. The fourth-order valence-electron chi connectivity index (χ4n) is 2.55. The van der Waals surface area contributed by atoms with Crippen LogP contribution in [0.15, 0.2) is 46.9 Å². The summed E-state index contributed by atoms with van der Waals surface area (Å²) in [6.07, 6.45) is 0. The number of fused-ring (bicyclic) bond motifs is 1. The molecule has 126 valence electrons. The van der Waals surface area contributed by atoms with E-state index in [-0.39, 0.29) is 12.4 Å². The minimum absolute atomic E-state index is 0.156. The molecule has 3 aromatic rings. The van der Waals surface area contributed by atoms with E-state index in [2.05, 4.69) is 11.4 Å². The lowest BCUT2D eigenvalue weighted by atomic mass is 10.1. The van der Waals surface area contributed by atoms with Crippen molar-refractivity contribution in [2.75, 3.05) is 11.9 Å². The highest BCUT2D eigenvalue weighted by atomic mass is 35.5. The normalized spacial score (nSPS) is 10.4. The quantitative estimate of drug-likeness (QED) is 0.669. The van der Waals surface area contributed by atoms with Crippen molar-refractivity contribution in [2.45, 2.75) is 13.5 Å². The number of nitrogens with one attached hydrogen (secondary N) is 1. The Labute approximate surface area is 149 Å². The minimum atomic E-state index is -0.516. The number of nitrogens with zero attached hydrogens (tertiary/aromatic N) is 1. The fourth-order valence-corrected chi connectivity index (χ4v) is 2.72. The van der Waals surface area contributed by atoms with Crippen LogP contribution in [0.2, 0.25) is 5.02 Å². The lowest BCUT2D eigenvalue weighted by Crippen LogP contribution is -2.09. The van der Waals surface area contributed by atoms with Gasteiger partial charge in [-0.3, -0.25) is 0 Å². The van der Waals surface area contributed by atoms with E-state index in [0.29, 0.717) is 28.3 Å². The number of hydrogen-bond acceptors (Lipinski definition) is 5. The summed E-state index contributed by atoms with van der Waals surface area (Å²) in [6.45, 7) is 2.33. The van der Waals surface area contributed by atoms with Crippen molar-refractivity contribution >= 4 is 34.2 Å². The maximum absolute atomic E-state index is 12.2. The van der Waals surface area contributed by atoms with E-state index in [1.807, 2.05) is 6.07 Å². The molecule has 0 aliphatic heterocycles. The SMILES string of the molecule is CCOC(=O)c1oc2ccc(Cl)cc2c1CNc1cccc(C#N)c1. The molecular weight excluding hydrogens is 340 g/mol. The topological polar surface area (TPSA) is 75.3 Å². The average molecular weight is 355 g/mol. The molecule has 0 spiro atoms. The van der Waals surface area contributed by atoms with E-state index in [1.54, 1.807) is 43.3 Å². The highest BCUT2D eigenvalue weighted by Gasteiger charge is 2.21. The molecule has 0 amide bonds. The molecular formula is C19H15ClN2O3. The van der Waals surface area contributed by atoms with Crippen molar-refractivity contribution in [3.8, 4) is 6.07 Å². The Bertz CT molecular complexity index is 972. The molecule has 0 radical (unpaired) electrons. The molecule has 0 atom stereocenters. The monoisotopic (exact) mass is 354 g/mol. The second-order valence-electron chi connectivity index (χ2n) is 5.32. The van der Waals surface area contributed by atoms with Crippen molar-refractivity contribution in [3.05, 3.63) is 64.4 Å². The van der Waals surface area contributed by atoms with Crippen molar-refractivity contribution in [1.29, 1.82) is 5.26 Å². The van der Waals surface area contributed by atoms with Gasteiger partial charge in [-0.15, -0.1) is 0 Å². The first-order chi connectivity index (χ1) is 12.1. The van der Waals surface area contributed by atoms with Gasteiger partial charge in [0.1, 0.15) is 5.58 Å². The Morgan fingerprint density at radius 1 is 1.32 bits per heavy atom. The standard InChI is InChI=1S/C19H15ClN2O3/c1-2-24-19(23)18-16(15-9-13(20)6-7-17(15)25-18)11-22-14-5-3-4-12(8-14)10-21/h3-9,22H,2,11H2,1H3. The molecule has 0 unspecified atom stereocenters. The van der Waals surface area contributed by atoms with Gasteiger partial charge in [0, 0.05) is 28.2 Å². The van der Waals surface area contributed by atoms with E-state index in [4.69, 9.17) is 26.0 Å². The fraction of sp³-hybridized carbons (Fsp3) is 0.158. The largest absolute Gasteiger partial charge is 0.460 e. The third-order valence-electron chi connectivity index (χ3n) is 3.67. The number of ether oxygens (including phenoxy) is 1. The molecule has 0 aliphatic rings. The number of benzene rings is 2. The van der Waals surface area contributed by atoms with Gasteiger partial charge >= 0.3 is 5.97 Å². The predicted molar refractivity (Wildman–Crippen MR) is 95.7 cm³/mol. The number of hydrogen-bond donors (Lipinski definition) is 1. The first-order valence-electron chi connectivity index (χ1n) is 7.74. The third kappa shape index (κ3) is 3.59. The number of esters is 1. The molecule has 1 heterocycles. The van der Waals surface area contributed by atoms with Crippen molar-refractivity contribution < 1.29 is 13.9 Å². The van der Waals surface area contributed by atoms with Crippen molar-refractivity contribution in [2.24, 2.45) is 0 Å². The summed E-state index contributed by atoms with van der Waals surface area (Å²) >= 11 is 6.08. The van der Waals surface area contributed by atoms with Crippen LogP contribution in [0, 0.1) is 11.3 Å². The molecule has 25 heavy (non-hydrogen) atoms. The van der Waals surface area contributed by atoms with E-state index < -0.39 is 5.97 Å². The minimum Gasteiger partial charge on any atom is -0.460 e. The van der Waals surface area contributed by atoms with Crippen LogP contribution < -0.4 is 5.32 Å². The van der Waals surface area contributed by atoms with E-state index in [9.17, 15) is 4.79 Å². The van der Waals surface area contributed by atoms with Gasteiger partial charge in [-0.05, 0) is 43.3 Å². The maximum Gasteiger partial charge on any atom is 0.374 e. The molecule has 1 N–H and O–H groups in total. The zero-order chi connectivity index (χ0) is 17.8. The molecule has 0 aliphatic carbocycles. The molecule has 5 nitrogen and oxygen atoms in total. The summed E-state index contributed by atoms with van der Waals surface area (Å²) in [5.74, 6) is -0.361. The summed E-state index contributed by atoms with van der Waals surface area (Å²) < 4.78 is 10.8. The second-order valence-corrected chi connectivity index (χ2v) is 5.75. The van der Waals surface area contributed by atoms with E-state index in [1.165, 1.54) is 0 Å². The molecule has 0 saturated heterocycles. The molecule has 6 heteroatoms. The molecule has 3 rings (SSSR count). The van der Waals surface area contributed by atoms with Crippen molar-refractivity contribution in [1.82, 2.24) is 0 Å². The number of anilines is 1. The highest BCUT2D eigenvalue weighted by molar-refractivity contribution is 6.31. The predicted octanol–water partition coefficient (Wildman–Crippen LogP) is 4.75. The first-order valence-corrected chi connectivity index (χ1v) is 8.12.